The Balaban J connectivity index is 1.76. The Labute approximate surface area is 92.4 Å². The fourth-order valence-electron chi connectivity index (χ4n) is 1.53. The summed E-state index contributed by atoms with van der Waals surface area (Å²) in [6, 6.07) is 0. The lowest BCUT2D eigenvalue weighted by atomic mass is 10.0. The lowest BCUT2D eigenvalue weighted by Crippen LogP contribution is -2.22. The summed E-state index contributed by atoms with van der Waals surface area (Å²) in [5.41, 5.74) is 0. The van der Waals surface area contributed by atoms with Crippen molar-refractivity contribution in [1.82, 2.24) is 4.98 Å². The third-order valence-corrected chi connectivity index (χ3v) is 3.37. The third kappa shape index (κ3) is 2.83. The van der Waals surface area contributed by atoms with E-state index in [4.69, 9.17) is 16.3 Å². The predicted molar refractivity (Wildman–Crippen MR) is 59.2 cm³/mol. The first-order chi connectivity index (χ1) is 6.84. The summed E-state index contributed by atoms with van der Waals surface area (Å²) >= 11 is 7.19. The molecule has 2 heterocycles. The van der Waals surface area contributed by atoms with Gasteiger partial charge in [0.25, 0.3) is 0 Å². The summed E-state index contributed by atoms with van der Waals surface area (Å²) in [5.74, 6) is 1.61. The highest BCUT2D eigenvalue weighted by molar-refractivity contribution is 7.14. The fraction of sp³-hybridized carbons (Fsp3) is 0.667. The van der Waals surface area contributed by atoms with Crippen molar-refractivity contribution in [3.05, 3.63) is 9.85 Å². The summed E-state index contributed by atoms with van der Waals surface area (Å²) in [5, 5.41) is 5.24. The minimum absolute atomic E-state index is 0.597. The van der Waals surface area contributed by atoms with Gasteiger partial charge in [0, 0.05) is 25.1 Å². The van der Waals surface area contributed by atoms with Crippen LogP contribution in [0.1, 0.15) is 12.8 Å². The van der Waals surface area contributed by atoms with Crippen LogP contribution in [0.3, 0.4) is 0 Å². The molecule has 1 aromatic rings. The highest BCUT2D eigenvalue weighted by Crippen LogP contribution is 2.20. The highest BCUT2D eigenvalue weighted by atomic mass is 35.5. The van der Waals surface area contributed by atoms with Crippen molar-refractivity contribution in [2.75, 3.05) is 25.1 Å². The number of nitrogens with one attached hydrogen (secondary N) is 1. The van der Waals surface area contributed by atoms with Gasteiger partial charge in [0.2, 0.25) is 0 Å². The quantitative estimate of drug-likeness (QED) is 0.870. The van der Waals surface area contributed by atoms with E-state index in [0.717, 1.165) is 38.4 Å². The minimum atomic E-state index is 0.597. The first-order valence-corrected chi connectivity index (χ1v) is 6.03. The summed E-state index contributed by atoms with van der Waals surface area (Å²) in [7, 11) is 0. The normalized spacial score (nSPS) is 18.4. The Morgan fingerprint density at radius 2 is 2.36 bits per heavy atom. The van der Waals surface area contributed by atoms with Crippen LogP contribution in [0.2, 0.25) is 4.47 Å². The summed E-state index contributed by atoms with van der Waals surface area (Å²) in [6.45, 7) is 2.76. The van der Waals surface area contributed by atoms with Gasteiger partial charge in [-0.1, -0.05) is 11.6 Å². The molecule has 1 aliphatic heterocycles. The maximum atomic E-state index is 5.73. The molecular formula is C9H13ClN2OS. The molecule has 0 amide bonds. The van der Waals surface area contributed by atoms with Crippen LogP contribution >= 0.6 is 22.9 Å². The SMILES string of the molecule is Clc1nc(NCC2CCOCC2)cs1. The van der Waals surface area contributed by atoms with Crippen LogP contribution in [-0.4, -0.2) is 24.7 Å². The van der Waals surface area contributed by atoms with Gasteiger partial charge in [-0.3, -0.25) is 0 Å². The minimum Gasteiger partial charge on any atom is -0.381 e. The number of rotatable bonds is 3. The van der Waals surface area contributed by atoms with Crippen LogP contribution in [0.5, 0.6) is 0 Å². The average Bonchev–Trinajstić information content (AvgIpc) is 2.63. The smallest absolute Gasteiger partial charge is 0.185 e. The number of nitrogens with zero attached hydrogens (tertiary/aromatic N) is 1. The van der Waals surface area contributed by atoms with Gasteiger partial charge in [0.15, 0.2) is 4.47 Å². The monoisotopic (exact) mass is 232 g/mol. The van der Waals surface area contributed by atoms with Gasteiger partial charge in [-0.2, -0.15) is 0 Å². The predicted octanol–water partition coefficient (Wildman–Crippen LogP) is 2.64. The molecule has 1 aliphatic rings. The molecule has 14 heavy (non-hydrogen) atoms. The zero-order valence-corrected chi connectivity index (χ0v) is 9.40. The molecule has 2 rings (SSSR count). The maximum Gasteiger partial charge on any atom is 0.185 e. The van der Waals surface area contributed by atoms with Gasteiger partial charge in [-0.15, -0.1) is 11.3 Å². The van der Waals surface area contributed by atoms with E-state index in [1.54, 1.807) is 0 Å². The average molecular weight is 233 g/mol. The number of hydrogen-bond acceptors (Lipinski definition) is 4. The van der Waals surface area contributed by atoms with Crippen LogP contribution in [-0.2, 0) is 4.74 Å². The van der Waals surface area contributed by atoms with E-state index in [1.165, 1.54) is 11.3 Å². The van der Waals surface area contributed by atoms with Crippen LogP contribution in [0.15, 0.2) is 5.38 Å². The second kappa shape index (κ2) is 4.96. The molecule has 0 radical (unpaired) electrons. The molecule has 0 saturated carbocycles. The Morgan fingerprint density at radius 3 is 3.00 bits per heavy atom. The zero-order valence-electron chi connectivity index (χ0n) is 7.83. The van der Waals surface area contributed by atoms with Gasteiger partial charge >= 0.3 is 0 Å². The number of hydrogen-bond donors (Lipinski definition) is 1. The summed E-state index contributed by atoms with van der Waals surface area (Å²) in [4.78, 5) is 4.14. The first kappa shape index (κ1) is 10.2. The maximum absolute atomic E-state index is 5.73. The van der Waals surface area contributed by atoms with Gasteiger partial charge in [-0.05, 0) is 18.8 Å². The molecule has 3 nitrogen and oxygen atoms in total. The topological polar surface area (TPSA) is 34.2 Å². The number of anilines is 1. The fourth-order valence-corrected chi connectivity index (χ4v) is 2.25. The van der Waals surface area contributed by atoms with E-state index in [9.17, 15) is 0 Å². The van der Waals surface area contributed by atoms with E-state index in [2.05, 4.69) is 10.3 Å². The number of thiazole rings is 1. The van der Waals surface area contributed by atoms with E-state index in [0.29, 0.717) is 10.4 Å². The molecule has 5 heteroatoms. The van der Waals surface area contributed by atoms with Crippen LogP contribution < -0.4 is 5.32 Å². The number of ether oxygens (including phenoxy) is 1. The Kier molecular flexibility index (Phi) is 3.61. The van der Waals surface area contributed by atoms with Crippen molar-refractivity contribution in [3.63, 3.8) is 0 Å². The number of halogens is 1. The highest BCUT2D eigenvalue weighted by Gasteiger charge is 2.13. The van der Waals surface area contributed by atoms with Crippen LogP contribution in [0.4, 0.5) is 5.82 Å². The molecule has 0 aliphatic carbocycles. The van der Waals surface area contributed by atoms with Crippen molar-refractivity contribution < 1.29 is 4.74 Å². The summed E-state index contributed by atoms with van der Waals surface area (Å²) < 4.78 is 5.89. The van der Waals surface area contributed by atoms with Gasteiger partial charge in [0.05, 0.1) is 0 Å². The van der Waals surface area contributed by atoms with E-state index >= 15 is 0 Å². The molecule has 78 valence electrons. The second-order valence-corrected chi connectivity index (χ2v) is 4.86. The lowest BCUT2D eigenvalue weighted by molar-refractivity contribution is 0.0699. The van der Waals surface area contributed by atoms with Crippen molar-refractivity contribution in [1.29, 1.82) is 0 Å². The third-order valence-electron chi connectivity index (χ3n) is 2.39. The first-order valence-electron chi connectivity index (χ1n) is 4.77. The standard InChI is InChI=1S/C9H13ClN2OS/c10-9-12-8(6-14-9)11-5-7-1-3-13-4-2-7/h6-7,11H,1-5H2. The molecule has 1 N–H and O–H groups in total. The molecule has 0 aromatic carbocycles. The molecule has 1 fully saturated rings. The molecule has 0 atom stereocenters. The van der Waals surface area contributed by atoms with Crippen molar-refractivity contribution >= 4 is 28.8 Å². The van der Waals surface area contributed by atoms with Crippen molar-refractivity contribution in [3.8, 4) is 0 Å². The molecule has 0 spiro atoms. The molecule has 0 bridgehead atoms. The van der Waals surface area contributed by atoms with Crippen molar-refractivity contribution in [2.45, 2.75) is 12.8 Å². The zero-order chi connectivity index (χ0) is 9.80. The van der Waals surface area contributed by atoms with Gasteiger partial charge in [-0.25, -0.2) is 4.98 Å². The van der Waals surface area contributed by atoms with Crippen LogP contribution in [0, 0.1) is 5.92 Å². The lowest BCUT2D eigenvalue weighted by Gasteiger charge is -2.21. The molecular weight excluding hydrogens is 220 g/mol. The number of aromatic nitrogens is 1. The summed E-state index contributed by atoms with van der Waals surface area (Å²) in [6.07, 6.45) is 2.29. The molecule has 1 aromatic heterocycles. The van der Waals surface area contributed by atoms with E-state index < -0.39 is 0 Å². The van der Waals surface area contributed by atoms with E-state index in [-0.39, 0.29) is 0 Å². The van der Waals surface area contributed by atoms with Gasteiger partial charge in [0.1, 0.15) is 5.82 Å². The molecule has 1 saturated heterocycles. The Hall–Kier alpha value is -0.320. The van der Waals surface area contributed by atoms with Crippen molar-refractivity contribution in [2.24, 2.45) is 5.92 Å². The largest absolute Gasteiger partial charge is 0.381 e. The van der Waals surface area contributed by atoms with Gasteiger partial charge < -0.3 is 10.1 Å². The Bertz CT molecular complexity index is 286. The Morgan fingerprint density at radius 1 is 1.57 bits per heavy atom. The van der Waals surface area contributed by atoms with E-state index in [1.807, 2.05) is 5.38 Å². The molecule has 0 unspecified atom stereocenters. The second-order valence-electron chi connectivity index (χ2n) is 3.42. The van der Waals surface area contributed by atoms with Crippen LogP contribution in [0.25, 0.3) is 0 Å².